The number of hydrogen-bond acceptors (Lipinski definition) is 6. The topological polar surface area (TPSA) is 73.1 Å². The number of carbonyl (C=O) groups excluding carboxylic acids is 1. The zero-order chi connectivity index (χ0) is 15.9. The average molecular weight is 321 g/mol. The molecule has 8 heteroatoms. The number of para-hydroxylation sites is 2. The van der Waals surface area contributed by atoms with Gasteiger partial charge in [0.25, 0.3) is 0 Å². The van der Waals surface area contributed by atoms with E-state index in [1.807, 2.05) is 38.1 Å². The van der Waals surface area contributed by atoms with Crippen molar-refractivity contribution in [3.63, 3.8) is 0 Å². The number of nitrogens with zero attached hydrogens (tertiary/aromatic N) is 5. The molecule has 2 aromatic rings. The first kappa shape index (κ1) is 16.3. The molecule has 2 rings (SSSR count). The van der Waals surface area contributed by atoms with Gasteiger partial charge in [-0.15, -0.1) is 5.10 Å². The van der Waals surface area contributed by atoms with Crippen LogP contribution in [0.3, 0.4) is 0 Å². The van der Waals surface area contributed by atoms with Gasteiger partial charge in [-0.2, -0.15) is 4.68 Å². The highest BCUT2D eigenvalue weighted by Crippen LogP contribution is 2.25. The smallest absolute Gasteiger partial charge is 0.233 e. The highest BCUT2D eigenvalue weighted by atomic mass is 32.2. The normalized spacial score (nSPS) is 10.5. The maximum absolute atomic E-state index is 12.1. The Morgan fingerprint density at radius 3 is 2.73 bits per heavy atom. The van der Waals surface area contributed by atoms with Gasteiger partial charge >= 0.3 is 0 Å². The molecule has 0 saturated heterocycles. The van der Waals surface area contributed by atoms with E-state index in [4.69, 9.17) is 4.74 Å². The zero-order valence-corrected chi connectivity index (χ0v) is 13.7. The fourth-order valence-electron chi connectivity index (χ4n) is 2.02. The van der Waals surface area contributed by atoms with E-state index in [1.165, 1.54) is 11.8 Å². The van der Waals surface area contributed by atoms with Crippen molar-refractivity contribution in [2.24, 2.45) is 0 Å². The molecule has 118 valence electrons. The highest BCUT2D eigenvalue weighted by Gasteiger charge is 2.16. The van der Waals surface area contributed by atoms with Gasteiger partial charge in [-0.05, 0) is 36.4 Å². The monoisotopic (exact) mass is 321 g/mol. The van der Waals surface area contributed by atoms with Gasteiger partial charge in [0.05, 0.1) is 12.9 Å². The second kappa shape index (κ2) is 7.79. The second-order valence-electron chi connectivity index (χ2n) is 4.40. The van der Waals surface area contributed by atoms with E-state index < -0.39 is 0 Å². The lowest BCUT2D eigenvalue weighted by Gasteiger charge is -2.17. The van der Waals surface area contributed by atoms with Crippen LogP contribution in [0.2, 0.25) is 0 Å². The van der Waals surface area contributed by atoms with Gasteiger partial charge in [0.2, 0.25) is 11.1 Å². The predicted octanol–water partition coefficient (Wildman–Crippen LogP) is 1.63. The summed E-state index contributed by atoms with van der Waals surface area (Å²) in [7, 11) is 1.60. The van der Waals surface area contributed by atoms with Gasteiger partial charge in [0.1, 0.15) is 11.4 Å². The zero-order valence-electron chi connectivity index (χ0n) is 12.9. The first-order valence-electron chi connectivity index (χ1n) is 7.03. The van der Waals surface area contributed by atoms with Crippen LogP contribution in [0.15, 0.2) is 29.4 Å². The Morgan fingerprint density at radius 2 is 2.05 bits per heavy atom. The van der Waals surface area contributed by atoms with Gasteiger partial charge in [-0.1, -0.05) is 23.9 Å². The van der Waals surface area contributed by atoms with E-state index >= 15 is 0 Å². The van der Waals surface area contributed by atoms with Crippen LogP contribution in [0.4, 0.5) is 0 Å². The number of amides is 1. The standard InChI is InChI=1S/C14H19N5O2S/c1-4-18(5-2)13(20)10-22-14-15-16-17-19(14)11-8-6-7-9-12(11)21-3/h6-9H,4-5,10H2,1-3H3. The van der Waals surface area contributed by atoms with E-state index in [-0.39, 0.29) is 5.91 Å². The fourth-order valence-corrected chi connectivity index (χ4v) is 2.81. The number of hydrogen-bond donors (Lipinski definition) is 0. The van der Waals surface area contributed by atoms with Crippen molar-refractivity contribution in [2.75, 3.05) is 26.0 Å². The van der Waals surface area contributed by atoms with Gasteiger partial charge in [-0.25, -0.2) is 0 Å². The molecule has 22 heavy (non-hydrogen) atoms. The van der Waals surface area contributed by atoms with Crippen molar-refractivity contribution in [1.82, 2.24) is 25.1 Å². The van der Waals surface area contributed by atoms with Crippen molar-refractivity contribution >= 4 is 17.7 Å². The second-order valence-corrected chi connectivity index (χ2v) is 5.34. The van der Waals surface area contributed by atoms with Crippen molar-refractivity contribution in [3.8, 4) is 11.4 Å². The number of ether oxygens (including phenoxy) is 1. The molecule has 1 aromatic carbocycles. The SMILES string of the molecule is CCN(CC)C(=O)CSc1nnnn1-c1ccccc1OC. The number of methoxy groups -OCH3 is 1. The Morgan fingerprint density at radius 1 is 1.32 bits per heavy atom. The lowest BCUT2D eigenvalue weighted by Crippen LogP contribution is -2.31. The summed E-state index contributed by atoms with van der Waals surface area (Å²) in [6, 6.07) is 7.47. The summed E-state index contributed by atoms with van der Waals surface area (Å²) in [5, 5.41) is 12.2. The van der Waals surface area contributed by atoms with E-state index in [9.17, 15) is 4.79 Å². The number of benzene rings is 1. The minimum Gasteiger partial charge on any atom is -0.494 e. The van der Waals surface area contributed by atoms with Crippen molar-refractivity contribution in [1.29, 1.82) is 0 Å². The summed E-state index contributed by atoms with van der Waals surface area (Å²) in [6.07, 6.45) is 0. The highest BCUT2D eigenvalue weighted by molar-refractivity contribution is 7.99. The third-order valence-corrected chi connectivity index (χ3v) is 4.10. The van der Waals surface area contributed by atoms with Crippen LogP contribution in [0.25, 0.3) is 5.69 Å². The molecule has 0 radical (unpaired) electrons. The lowest BCUT2D eigenvalue weighted by atomic mass is 10.3. The third kappa shape index (κ3) is 3.56. The molecule has 0 aliphatic rings. The Hall–Kier alpha value is -2.09. The Labute approximate surface area is 133 Å². The molecular weight excluding hydrogens is 302 g/mol. The summed E-state index contributed by atoms with van der Waals surface area (Å²) in [6.45, 7) is 5.33. The first-order chi connectivity index (χ1) is 10.7. The molecule has 0 spiro atoms. The molecule has 0 aliphatic heterocycles. The molecule has 0 atom stereocenters. The Bertz CT molecular complexity index is 627. The van der Waals surface area contributed by atoms with Crippen molar-refractivity contribution in [2.45, 2.75) is 19.0 Å². The van der Waals surface area contributed by atoms with E-state index in [0.29, 0.717) is 29.7 Å². The average Bonchev–Trinajstić information content (AvgIpc) is 3.02. The minimum absolute atomic E-state index is 0.0737. The van der Waals surface area contributed by atoms with E-state index in [0.717, 1.165) is 5.69 Å². The summed E-state index contributed by atoms with van der Waals surface area (Å²) in [4.78, 5) is 13.9. The van der Waals surface area contributed by atoms with Crippen molar-refractivity contribution in [3.05, 3.63) is 24.3 Å². The van der Waals surface area contributed by atoms with Gasteiger partial charge in [-0.3, -0.25) is 4.79 Å². The fraction of sp³-hybridized carbons (Fsp3) is 0.429. The van der Waals surface area contributed by atoms with Crippen LogP contribution in [-0.2, 0) is 4.79 Å². The predicted molar refractivity (Wildman–Crippen MR) is 84.4 cm³/mol. The summed E-state index contributed by atoms with van der Waals surface area (Å²) in [5.74, 6) is 1.05. The van der Waals surface area contributed by atoms with Crippen LogP contribution in [-0.4, -0.2) is 57.0 Å². The largest absolute Gasteiger partial charge is 0.494 e. The number of thioether (sulfide) groups is 1. The maximum Gasteiger partial charge on any atom is 0.233 e. The number of aromatic nitrogens is 4. The molecule has 1 aromatic heterocycles. The van der Waals surface area contributed by atoms with Crippen LogP contribution < -0.4 is 4.74 Å². The molecule has 0 aliphatic carbocycles. The molecule has 0 fully saturated rings. The van der Waals surface area contributed by atoms with E-state index in [1.54, 1.807) is 16.7 Å². The quantitative estimate of drug-likeness (QED) is 0.722. The molecule has 0 unspecified atom stereocenters. The molecule has 1 amide bonds. The molecule has 7 nitrogen and oxygen atoms in total. The van der Waals surface area contributed by atoms with Crippen LogP contribution in [0.5, 0.6) is 5.75 Å². The molecular formula is C14H19N5O2S. The first-order valence-corrected chi connectivity index (χ1v) is 8.02. The van der Waals surface area contributed by atoms with Crippen LogP contribution in [0, 0.1) is 0 Å². The van der Waals surface area contributed by atoms with Gasteiger partial charge < -0.3 is 9.64 Å². The summed E-state index contributed by atoms with van der Waals surface area (Å²) >= 11 is 1.32. The summed E-state index contributed by atoms with van der Waals surface area (Å²) in [5.41, 5.74) is 0.743. The van der Waals surface area contributed by atoms with E-state index in [2.05, 4.69) is 15.5 Å². The summed E-state index contributed by atoms with van der Waals surface area (Å²) < 4.78 is 6.90. The van der Waals surface area contributed by atoms with Gasteiger partial charge in [0, 0.05) is 13.1 Å². The molecule has 0 saturated carbocycles. The van der Waals surface area contributed by atoms with Crippen molar-refractivity contribution < 1.29 is 9.53 Å². The number of carbonyl (C=O) groups is 1. The minimum atomic E-state index is 0.0737. The van der Waals surface area contributed by atoms with Crippen LogP contribution in [0.1, 0.15) is 13.8 Å². The molecule has 0 bridgehead atoms. The third-order valence-electron chi connectivity index (χ3n) is 3.20. The maximum atomic E-state index is 12.1. The molecule has 1 heterocycles. The Balaban J connectivity index is 2.15. The van der Waals surface area contributed by atoms with Gasteiger partial charge in [0.15, 0.2) is 0 Å². The Kier molecular flexibility index (Phi) is 5.76. The number of rotatable bonds is 7. The lowest BCUT2D eigenvalue weighted by molar-refractivity contribution is -0.127. The molecule has 0 N–H and O–H groups in total. The number of tetrazole rings is 1. The van der Waals surface area contributed by atoms with Crippen LogP contribution >= 0.6 is 11.8 Å².